The molecule has 0 spiro atoms. The molecule has 2 aromatic carbocycles. The number of rotatable bonds is 5. The molecule has 0 unspecified atom stereocenters. The van der Waals surface area contributed by atoms with E-state index in [0.29, 0.717) is 17.2 Å². The number of amides is 1. The lowest BCUT2D eigenvalue weighted by Gasteiger charge is -2.55. The lowest BCUT2D eigenvalue weighted by Crippen LogP contribution is -2.48. The zero-order valence-corrected chi connectivity index (χ0v) is 20.3. The molecular formula is C26H26BrN3OS. The van der Waals surface area contributed by atoms with Crippen molar-refractivity contribution in [3.63, 3.8) is 0 Å². The molecule has 0 saturated heterocycles. The maximum Gasteiger partial charge on any atom is 0.260 e. The molecule has 3 aromatic rings. The van der Waals surface area contributed by atoms with E-state index in [2.05, 4.69) is 33.2 Å². The molecule has 4 nitrogen and oxygen atoms in total. The Morgan fingerprint density at radius 1 is 0.969 bits per heavy atom. The predicted octanol–water partition coefficient (Wildman–Crippen LogP) is 6.62. The summed E-state index contributed by atoms with van der Waals surface area (Å²) in [5.41, 5.74) is 1.94. The molecule has 1 amide bonds. The summed E-state index contributed by atoms with van der Waals surface area (Å²) in [5.74, 6) is 2.54. The Morgan fingerprint density at radius 3 is 2.31 bits per heavy atom. The first-order valence-electron chi connectivity index (χ1n) is 11.5. The van der Waals surface area contributed by atoms with E-state index < -0.39 is 0 Å². The summed E-state index contributed by atoms with van der Waals surface area (Å²) >= 11 is 5.15. The molecular weight excluding hydrogens is 482 g/mol. The average molecular weight is 508 g/mol. The second-order valence-corrected chi connectivity index (χ2v) is 11.8. The van der Waals surface area contributed by atoms with Crippen molar-refractivity contribution in [3.8, 4) is 0 Å². The van der Waals surface area contributed by atoms with Crippen molar-refractivity contribution in [2.45, 2.75) is 50.5 Å². The fraction of sp³-hybridized carbons (Fsp3) is 0.423. The third-order valence-electron chi connectivity index (χ3n) is 7.64. The Kier molecular flexibility index (Phi) is 5.18. The van der Waals surface area contributed by atoms with Crippen LogP contribution in [-0.2, 0) is 12.0 Å². The molecule has 6 heteroatoms. The van der Waals surface area contributed by atoms with Crippen LogP contribution in [0.25, 0.3) is 0 Å². The molecule has 4 bridgehead atoms. The maximum atomic E-state index is 13.6. The van der Waals surface area contributed by atoms with Gasteiger partial charge in [0.05, 0.1) is 6.54 Å². The fourth-order valence-electron chi connectivity index (χ4n) is 6.68. The highest BCUT2D eigenvalue weighted by atomic mass is 79.9. The van der Waals surface area contributed by atoms with Gasteiger partial charge in [-0.3, -0.25) is 9.69 Å². The summed E-state index contributed by atoms with van der Waals surface area (Å²) in [6, 6.07) is 17.7. The summed E-state index contributed by atoms with van der Waals surface area (Å²) in [5, 5.41) is 11.2. The summed E-state index contributed by atoms with van der Waals surface area (Å²) in [7, 11) is 0. The molecule has 0 atom stereocenters. The predicted molar refractivity (Wildman–Crippen MR) is 131 cm³/mol. The largest absolute Gasteiger partial charge is 0.278 e. The van der Waals surface area contributed by atoms with E-state index >= 15 is 0 Å². The van der Waals surface area contributed by atoms with Gasteiger partial charge in [0.2, 0.25) is 5.13 Å². The number of carbonyl (C=O) groups excluding carboxylic acids is 1. The monoisotopic (exact) mass is 507 g/mol. The molecule has 4 fully saturated rings. The molecule has 7 rings (SSSR count). The van der Waals surface area contributed by atoms with E-state index in [9.17, 15) is 4.79 Å². The van der Waals surface area contributed by atoms with Crippen molar-refractivity contribution in [1.29, 1.82) is 0 Å². The van der Waals surface area contributed by atoms with E-state index in [1.54, 1.807) is 16.2 Å². The molecule has 1 heterocycles. The zero-order valence-electron chi connectivity index (χ0n) is 17.9. The first-order chi connectivity index (χ1) is 15.6. The first-order valence-corrected chi connectivity index (χ1v) is 13.1. The van der Waals surface area contributed by atoms with Gasteiger partial charge in [0.1, 0.15) is 5.01 Å². The number of hydrogen-bond acceptors (Lipinski definition) is 4. The smallest absolute Gasteiger partial charge is 0.260 e. The Balaban J connectivity index is 1.35. The first kappa shape index (κ1) is 20.5. The number of nitrogens with zero attached hydrogens (tertiary/aromatic N) is 3. The van der Waals surface area contributed by atoms with Crippen LogP contribution in [0.4, 0.5) is 5.13 Å². The minimum Gasteiger partial charge on any atom is -0.278 e. The Hall–Kier alpha value is -2.05. The van der Waals surface area contributed by atoms with Crippen LogP contribution >= 0.6 is 27.3 Å². The Labute approximate surface area is 201 Å². The van der Waals surface area contributed by atoms with Crippen LogP contribution in [0.5, 0.6) is 0 Å². The van der Waals surface area contributed by atoms with Crippen molar-refractivity contribution in [3.05, 3.63) is 75.2 Å². The van der Waals surface area contributed by atoms with Crippen LogP contribution in [-0.4, -0.2) is 16.1 Å². The van der Waals surface area contributed by atoms with Crippen molar-refractivity contribution in [2.24, 2.45) is 17.8 Å². The highest BCUT2D eigenvalue weighted by Gasteiger charge is 2.53. The highest BCUT2D eigenvalue weighted by Crippen LogP contribution is 2.61. The minimum absolute atomic E-state index is 0.0386. The summed E-state index contributed by atoms with van der Waals surface area (Å²) < 4.78 is 0.898. The number of carbonyl (C=O) groups is 1. The molecule has 0 aliphatic heterocycles. The van der Waals surface area contributed by atoms with E-state index in [1.807, 2.05) is 42.5 Å². The standard InChI is InChI=1S/C26H26BrN3OS/c27-22-8-4-7-21(12-22)23(31)30(16-17-5-2-1-3-6-17)25-29-28-24(32-25)26-13-18-9-19(14-26)11-20(10-18)15-26/h1-8,12,18-20H,9-11,13-16H2. The maximum absolute atomic E-state index is 13.6. The SMILES string of the molecule is O=C(c1cccc(Br)c1)N(Cc1ccccc1)c1nnc(C23CC4CC(CC(C4)C2)C3)s1. The minimum atomic E-state index is -0.0386. The topological polar surface area (TPSA) is 46.1 Å². The van der Waals surface area contributed by atoms with Crippen molar-refractivity contribution < 1.29 is 4.79 Å². The summed E-state index contributed by atoms with van der Waals surface area (Å²) in [6.07, 6.45) is 7.99. The van der Waals surface area contributed by atoms with Gasteiger partial charge in [0, 0.05) is 15.5 Å². The van der Waals surface area contributed by atoms with Gasteiger partial charge >= 0.3 is 0 Å². The lowest BCUT2D eigenvalue weighted by molar-refractivity contribution is -0.00555. The molecule has 32 heavy (non-hydrogen) atoms. The quantitative estimate of drug-likeness (QED) is 0.389. The van der Waals surface area contributed by atoms with Crippen molar-refractivity contribution in [1.82, 2.24) is 10.2 Å². The van der Waals surface area contributed by atoms with Gasteiger partial charge in [-0.15, -0.1) is 10.2 Å². The normalized spacial score (nSPS) is 28.1. The molecule has 4 aliphatic carbocycles. The van der Waals surface area contributed by atoms with Gasteiger partial charge in [-0.25, -0.2) is 0 Å². The Morgan fingerprint density at radius 2 is 1.66 bits per heavy atom. The van der Waals surface area contributed by atoms with Gasteiger partial charge in [0.25, 0.3) is 5.91 Å². The van der Waals surface area contributed by atoms with E-state index in [0.717, 1.165) is 32.8 Å². The summed E-state index contributed by atoms with van der Waals surface area (Å²) in [4.78, 5) is 15.4. The van der Waals surface area contributed by atoms with Crippen LogP contribution in [0.3, 0.4) is 0 Å². The lowest BCUT2D eigenvalue weighted by atomic mass is 9.50. The third kappa shape index (κ3) is 3.71. The van der Waals surface area contributed by atoms with Crippen LogP contribution in [0, 0.1) is 17.8 Å². The highest BCUT2D eigenvalue weighted by molar-refractivity contribution is 9.10. The van der Waals surface area contributed by atoms with Gasteiger partial charge in [-0.2, -0.15) is 0 Å². The number of benzene rings is 2. The van der Waals surface area contributed by atoms with Crippen molar-refractivity contribution in [2.75, 3.05) is 4.90 Å². The molecule has 1 aromatic heterocycles. The fourth-order valence-corrected chi connectivity index (χ4v) is 8.14. The van der Waals surface area contributed by atoms with Crippen LogP contribution in [0.1, 0.15) is 59.5 Å². The number of hydrogen-bond donors (Lipinski definition) is 0. The third-order valence-corrected chi connectivity index (χ3v) is 9.32. The molecule has 4 saturated carbocycles. The zero-order chi connectivity index (χ0) is 21.7. The van der Waals surface area contributed by atoms with Gasteiger partial charge < -0.3 is 0 Å². The molecule has 0 radical (unpaired) electrons. The number of aromatic nitrogens is 2. The number of anilines is 1. The summed E-state index contributed by atoms with van der Waals surface area (Å²) in [6.45, 7) is 0.488. The molecule has 0 N–H and O–H groups in total. The van der Waals surface area contributed by atoms with Gasteiger partial charge in [-0.1, -0.05) is 63.7 Å². The van der Waals surface area contributed by atoms with Gasteiger partial charge in [0.15, 0.2) is 0 Å². The second kappa shape index (κ2) is 8.07. The Bertz CT molecular complexity index is 1110. The van der Waals surface area contributed by atoms with E-state index in [4.69, 9.17) is 5.10 Å². The average Bonchev–Trinajstić information content (AvgIpc) is 3.28. The second-order valence-electron chi connectivity index (χ2n) is 9.97. The van der Waals surface area contributed by atoms with E-state index in [-0.39, 0.29) is 11.3 Å². The number of halogens is 1. The molecule has 4 aliphatic rings. The van der Waals surface area contributed by atoms with Crippen molar-refractivity contribution >= 4 is 38.3 Å². The molecule has 164 valence electrons. The van der Waals surface area contributed by atoms with Gasteiger partial charge in [-0.05, 0) is 80.0 Å². The van der Waals surface area contributed by atoms with Crippen LogP contribution in [0.15, 0.2) is 59.1 Å². The van der Waals surface area contributed by atoms with Crippen LogP contribution in [0.2, 0.25) is 0 Å². The van der Waals surface area contributed by atoms with E-state index in [1.165, 1.54) is 38.5 Å². The van der Waals surface area contributed by atoms with Crippen LogP contribution < -0.4 is 4.90 Å².